The van der Waals surface area contributed by atoms with E-state index in [0.717, 1.165) is 12.1 Å². The van der Waals surface area contributed by atoms with E-state index in [9.17, 15) is 9.50 Å². The SMILES string of the molecule is CC(N)C(c1ccc(F)cc1)N1CCOCC1CO. The molecule has 5 heteroatoms. The van der Waals surface area contributed by atoms with Gasteiger partial charge in [-0.05, 0) is 24.6 Å². The molecule has 3 N–H and O–H groups in total. The number of aliphatic hydroxyl groups is 1. The predicted molar refractivity (Wildman–Crippen MR) is 71.2 cm³/mol. The summed E-state index contributed by atoms with van der Waals surface area (Å²) in [6.07, 6.45) is 0. The zero-order chi connectivity index (χ0) is 13.8. The first-order valence-electron chi connectivity index (χ1n) is 6.59. The number of aliphatic hydroxyl groups excluding tert-OH is 1. The van der Waals surface area contributed by atoms with E-state index >= 15 is 0 Å². The summed E-state index contributed by atoms with van der Waals surface area (Å²) >= 11 is 0. The maximum Gasteiger partial charge on any atom is 0.123 e. The molecule has 1 aliphatic rings. The molecule has 0 bridgehead atoms. The number of morpholine rings is 1. The second-order valence-electron chi connectivity index (χ2n) is 5.00. The van der Waals surface area contributed by atoms with E-state index in [4.69, 9.17) is 10.5 Å². The number of hydrogen-bond donors (Lipinski definition) is 2. The average molecular weight is 268 g/mol. The molecule has 1 fully saturated rings. The summed E-state index contributed by atoms with van der Waals surface area (Å²) in [7, 11) is 0. The van der Waals surface area contributed by atoms with Crippen molar-refractivity contribution in [3.05, 3.63) is 35.6 Å². The van der Waals surface area contributed by atoms with Crippen molar-refractivity contribution in [1.29, 1.82) is 0 Å². The third-order valence-electron chi connectivity index (χ3n) is 3.55. The fourth-order valence-electron chi connectivity index (χ4n) is 2.65. The Morgan fingerprint density at radius 3 is 2.74 bits per heavy atom. The molecule has 0 aliphatic carbocycles. The summed E-state index contributed by atoms with van der Waals surface area (Å²) in [5, 5.41) is 9.46. The van der Waals surface area contributed by atoms with Crippen molar-refractivity contribution in [3.8, 4) is 0 Å². The molecule has 19 heavy (non-hydrogen) atoms. The van der Waals surface area contributed by atoms with Crippen LogP contribution in [0.4, 0.5) is 4.39 Å². The van der Waals surface area contributed by atoms with Crippen LogP contribution in [0, 0.1) is 5.82 Å². The molecular weight excluding hydrogens is 247 g/mol. The Morgan fingerprint density at radius 1 is 1.47 bits per heavy atom. The highest BCUT2D eigenvalue weighted by Gasteiger charge is 2.32. The molecule has 0 amide bonds. The van der Waals surface area contributed by atoms with Crippen LogP contribution < -0.4 is 5.73 Å². The third kappa shape index (κ3) is 3.30. The first-order valence-corrected chi connectivity index (χ1v) is 6.59. The molecule has 0 radical (unpaired) electrons. The number of hydrogen-bond acceptors (Lipinski definition) is 4. The molecule has 1 aromatic carbocycles. The summed E-state index contributed by atoms with van der Waals surface area (Å²) in [5.41, 5.74) is 7.07. The minimum atomic E-state index is -0.257. The first kappa shape index (κ1) is 14.4. The summed E-state index contributed by atoms with van der Waals surface area (Å²) in [6.45, 7) is 3.80. The molecule has 1 aliphatic heterocycles. The largest absolute Gasteiger partial charge is 0.395 e. The Hall–Kier alpha value is -1.01. The van der Waals surface area contributed by atoms with Crippen molar-refractivity contribution >= 4 is 0 Å². The summed E-state index contributed by atoms with van der Waals surface area (Å²) in [5.74, 6) is -0.257. The van der Waals surface area contributed by atoms with Crippen molar-refractivity contribution in [2.45, 2.75) is 25.0 Å². The predicted octanol–water partition coefficient (Wildman–Crippen LogP) is 0.907. The van der Waals surface area contributed by atoms with Crippen LogP contribution in [-0.2, 0) is 4.74 Å². The molecule has 4 nitrogen and oxygen atoms in total. The van der Waals surface area contributed by atoms with Crippen LogP contribution >= 0.6 is 0 Å². The molecule has 0 spiro atoms. The highest BCUT2D eigenvalue weighted by molar-refractivity contribution is 5.22. The van der Waals surface area contributed by atoms with Crippen molar-refractivity contribution in [1.82, 2.24) is 4.90 Å². The second kappa shape index (κ2) is 6.43. The van der Waals surface area contributed by atoms with Gasteiger partial charge in [-0.25, -0.2) is 4.39 Å². The third-order valence-corrected chi connectivity index (χ3v) is 3.55. The van der Waals surface area contributed by atoms with Gasteiger partial charge in [-0.15, -0.1) is 0 Å². The number of nitrogens with two attached hydrogens (primary N) is 1. The summed E-state index contributed by atoms with van der Waals surface area (Å²) in [6, 6.07) is 6.19. The van der Waals surface area contributed by atoms with Gasteiger partial charge in [0.25, 0.3) is 0 Å². The average Bonchev–Trinajstić information content (AvgIpc) is 2.41. The van der Waals surface area contributed by atoms with Crippen LogP contribution in [-0.4, -0.2) is 48.5 Å². The maximum atomic E-state index is 13.0. The Labute approximate surface area is 113 Å². The summed E-state index contributed by atoms with van der Waals surface area (Å²) in [4.78, 5) is 2.15. The first-order chi connectivity index (χ1) is 9.13. The summed E-state index contributed by atoms with van der Waals surface area (Å²) < 4.78 is 18.4. The van der Waals surface area contributed by atoms with E-state index in [1.807, 2.05) is 6.92 Å². The standard InChI is InChI=1S/C14H21FN2O2/c1-10(16)14(11-2-4-12(15)5-3-11)17-6-7-19-9-13(17)8-18/h2-5,10,13-14,18H,6-9,16H2,1H3. The van der Waals surface area contributed by atoms with E-state index in [0.29, 0.717) is 13.2 Å². The topological polar surface area (TPSA) is 58.7 Å². The molecule has 3 unspecified atom stereocenters. The molecule has 1 heterocycles. The van der Waals surface area contributed by atoms with E-state index in [1.165, 1.54) is 12.1 Å². The fraction of sp³-hybridized carbons (Fsp3) is 0.571. The van der Waals surface area contributed by atoms with Crippen molar-refractivity contribution in [2.24, 2.45) is 5.73 Å². The van der Waals surface area contributed by atoms with E-state index in [1.54, 1.807) is 12.1 Å². The monoisotopic (exact) mass is 268 g/mol. The van der Waals surface area contributed by atoms with Gasteiger partial charge in [0.05, 0.1) is 31.9 Å². The van der Waals surface area contributed by atoms with Gasteiger partial charge in [0, 0.05) is 12.6 Å². The molecule has 0 aromatic heterocycles. The van der Waals surface area contributed by atoms with Crippen molar-refractivity contribution in [2.75, 3.05) is 26.4 Å². The zero-order valence-electron chi connectivity index (χ0n) is 11.1. The molecular formula is C14H21FN2O2. The van der Waals surface area contributed by atoms with Crippen molar-refractivity contribution in [3.63, 3.8) is 0 Å². The molecule has 1 aromatic rings. The van der Waals surface area contributed by atoms with Crippen LogP contribution in [0.15, 0.2) is 24.3 Å². The van der Waals surface area contributed by atoms with Crippen LogP contribution in [0.1, 0.15) is 18.5 Å². The Balaban J connectivity index is 2.25. The van der Waals surface area contributed by atoms with E-state index in [2.05, 4.69) is 4.90 Å². The van der Waals surface area contributed by atoms with Gasteiger partial charge in [0.2, 0.25) is 0 Å². The Kier molecular flexibility index (Phi) is 4.87. The van der Waals surface area contributed by atoms with Crippen molar-refractivity contribution < 1.29 is 14.2 Å². The number of nitrogens with zero attached hydrogens (tertiary/aromatic N) is 1. The second-order valence-corrected chi connectivity index (χ2v) is 5.00. The molecule has 0 saturated carbocycles. The van der Waals surface area contributed by atoms with Crippen LogP contribution in [0.2, 0.25) is 0 Å². The lowest BCUT2D eigenvalue weighted by Gasteiger charge is -2.42. The minimum Gasteiger partial charge on any atom is -0.395 e. The Morgan fingerprint density at radius 2 is 2.16 bits per heavy atom. The minimum absolute atomic E-state index is 0.0322. The number of ether oxygens (including phenoxy) is 1. The number of rotatable bonds is 4. The highest BCUT2D eigenvalue weighted by Crippen LogP contribution is 2.27. The number of benzene rings is 1. The van der Waals surface area contributed by atoms with Gasteiger partial charge < -0.3 is 15.6 Å². The fourth-order valence-corrected chi connectivity index (χ4v) is 2.65. The number of halogens is 1. The Bertz CT molecular complexity index is 397. The van der Waals surface area contributed by atoms with Gasteiger partial charge in [-0.2, -0.15) is 0 Å². The molecule has 106 valence electrons. The van der Waals surface area contributed by atoms with Gasteiger partial charge in [0.1, 0.15) is 5.82 Å². The van der Waals surface area contributed by atoms with E-state index in [-0.39, 0.29) is 30.5 Å². The van der Waals surface area contributed by atoms with Gasteiger partial charge in [-0.3, -0.25) is 4.90 Å². The van der Waals surface area contributed by atoms with E-state index < -0.39 is 0 Å². The van der Waals surface area contributed by atoms with Crippen LogP contribution in [0.25, 0.3) is 0 Å². The molecule has 2 rings (SSSR count). The van der Waals surface area contributed by atoms with Crippen LogP contribution in [0.3, 0.4) is 0 Å². The lowest BCUT2D eigenvalue weighted by atomic mass is 9.97. The highest BCUT2D eigenvalue weighted by atomic mass is 19.1. The lowest BCUT2D eigenvalue weighted by molar-refractivity contribution is -0.0516. The normalized spacial score (nSPS) is 24.1. The lowest BCUT2D eigenvalue weighted by Crippen LogP contribution is -2.52. The molecule has 1 saturated heterocycles. The van der Waals surface area contributed by atoms with Crippen LogP contribution in [0.5, 0.6) is 0 Å². The van der Waals surface area contributed by atoms with Gasteiger partial charge >= 0.3 is 0 Å². The van der Waals surface area contributed by atoms with Gasteiger partial charge in [0.15, 0.2) is 0 Å². The maximum absolute atomic E-state index is 13.0. The molecule has 3 atom stereocenters. The van der Waals surface area contributed by atoms with Gasteiger partial charge in [-0.1, -0.05) is 12.1 Å². The quantitative estimate of drug-likeness (QED) is 0.852. The zero-order valence-corrected chi connectivity index (χ0v) is 11.1. The smallest absolute Gasteiger partial charge is 0.123 e.